The van der Waals surface area contributed by atoms with E-state index in [1.54, 1.807) is 13.2 Å². The number of piperazine rings is 1. The summed E-state index contributed by atoms with van der Waals surface area (Å²) in [5, 5.41) is 4.05. The maximum atomic E-state index is 11.7. The van der Waals surface area contributed by atoms with E-state index in [-0.39, 0.29) is 5.56 Å². The van der Waals surface area contributed by atoms with Crippen LogP contribution in [-0.2, 0) is 7.05 Å². The number of rotatable bonds is 1. The second-order valence-electron chi connectivity index (χ2n) is 4.06. The number of hydrogen-bond acceptors (Lipinski definition) is 4. The summed E-state index contributed by atoms with van der Waals surface area (Å²) in [6, 6.07) is 0. The fraction of sp³-hybridized carbons (Fsp3) is 0.600. The smallest absolute Gasteiger partial charge is 0.282 e. The molecule has 0 N–H and O–H groups in total. The lowest BCUT2D eigenvalue weighted by Gasteiger charge is -2.34. The van der Waals surface area contributed by atoms with Crippen LogP contribution in [0.1, 0.15) is 0 Å². The molecular weight excluding hydrogens is 272 g/mol. The van der Waals surface area contributed by atoms with Crippen LogP contribution in [0.4, 0.5) is 5.69 Å². The van der Waals surface area contributed by atoms with E-state index in [0.29, 0.717) is 4.47 Å². The molecular formula is C10H15BrN4O. The van der Waals surface area contributed by atoms with Crippen molar-refractivity contribution in [2.45, 2.75) is 0 Å². The van der Waals surface area contributed by atoms with E-state index in [4.69, 9.17) is 0 Å². The molecule has 0 spiro atoms. The van der Waals surface area contributed by atoms with Crippen molar-refractivity contribution in [2.24, 2.45) is 7.05 Å². The van der Waals surface area contributed by atoms with Gasteiger partial charge in [-0.2, -0.15) is 5.10 Å². The molecule has 88 valence electrons. The average molecular weight is 287 g/mol. The molecule has 1 saturated heterocycles. The molecule has 0 saturated carbocycles. The largest absolute Gasteiger partial charge is 0.367 e. The fourth-order valence-corrected chi connectivity index (χ4v) is 2.38. The Labute approximate surface area is 103 Å². The Morgan fingerprint density at radius 3 is 2.50 bits per heavy atom. The fourth-order valence-electron chi connectivity index (χ4n) is 1.77. The number of aryl methyl sites for hydroxylation is 1. The molecule has 0 radical (unpaired) electrons. The van der Waals surface area contributed by atoms with E-state index in [0.717, 1.165) is 31.9 Å². The minimum Gasteiger partial charge on any atom is -0.367 e. The van der Waals surface area contributed by atoms with Gasteiger partial charge in [0.25, 0.3) is 5.56 Å². The summed E-state index contributed by atoms with van der Waals surface area (Å²) in [5.74, 6) is 0. The van der Waals surface area contributed by atoms with Crippen LogP contribution in [0, 0.1) is 0 Å². The SMILES string of the molecule is CN1CCN(c2cnn(C)c(=O)c2Br)CC1. The molecule has 0 bridgehead atoms. The van der Waals surface area contributed by atoms with Crippen molar-refractivity contribution in [3.8, 4) is 0 Å². The lowest BCUT2D eigenvalue weighted by molar-refractivity contribution is 0.312. The Bertz CT molecular complexity index is 437. The first-order valence-corrected chi connectivity index (χ1v) is 6.04. The first-order chi connectivity index (χ1) is 7.59. The predicted octanol–water partition coefficient (Wildman–Crippen LogP) is 0.295. The molecule has 5 nitrogen and oxygen atoms in total. The molecule has 6 heteroatoms. The van der Waals surface area contributed by atoms with Crippen molar-refractivity contribution in [3.05, 3.63) is 21.0 Å². The van der Waals surface area contributed by atoms with Crippen LogP contribution in [-0.4, -0.2) is 47.9 Å². The van der Waals surface area contributed by atoms with Gasteiger partial charge in [-0.1, -0.05) is 0 Å². The van der Waals surface area contributed by atoms with Gasteiger partial charge in [0.1, 0.15) is 4.47 Å². The van der Waals surface area contributed by atoms with Gasteiger partial charge in [0, 0.05) is 33.2 Å². The van der Waals surface area contributed by atoms with Crippen LogP contribution in [0.3, 0.4) is 0 Å². The zero-order valence-electron chi connectivity index (χ0n) is 9.48. The molecule has 1 aromatic heterocycles. The Kier molecular flexibility index (Phi) is 3.30. The molecule has 2 heterocycles. The second kappa shape index (κ2) is 4.55. The Balaban J connectivity index is 2.28. The molecule has 1 aliphatic heterocycles. The van der Waals surface area contributed by atoms with Crippen LogP contribution in [0.5, 0.6) is 0 Å². The molecule has 0 atom stereocenters. The van der Waals surface area contributed by atoms with Gasteiger partial charge in [-0.25, -0.2) is 4.68 Å². The topological polar surface area (TPSA) is 41.4 Å². The summed E-state index contributed by atoms with van der Waals surface area (Å²) in [5.41, 5.74) is 0.813. The first-order valence-electron chi connectivity index (χ1n) is 5.25. The van der Waals surface area contributed by atoms with Gasteiger partial charge in [0.15, 0.2) is 0 Å². The Morgan fingerprint density at radius 1 is 1.25 bits per heavy atom. The van der Waals surface area contributed by atoms with Gasteiger partial charge in [-0.05, 0) is 23.0 Å². The Hall–Kier alpha value is -0.880. The lowest BCUT2D eigenvalue weighted by Crippen LogP contribution is -2.45. The van der Waals surface area contributed by atoms with E-state index in [1.807, 2.05) is 0 Å². The second-order valence-corrected chi connectivity index (χ2v) is 4.86. The van der Waals surface area contributed by atoms with Gasteiger partial charge < -0.3 is 9.80 Å². The van der Waals surface area contributed by atoms with E-state index in [2.05, 4.69) is 37.9 Å². The van der Waals surface area contributed by atoms with Gasteiger partial charge in [0.05, 0.1) is 11.9 Å². The van der Waals surface area contributed by atoms with Crippen LogP contribution >= 0.6 is 15.9 Å². The van der Waals surface area contributed by atoms with Crippen molar-refractivity contribution >= 4 is 21.6 Å². The van der Waals surface area contributed by atoms with Crippen LogP contribution < -0.4 is 10.5 Å². The first kappa shape index (κ1) is 11.6. The van der Waals surface area contributed by atoms with Crippen LogP contribution in [0.25, 0.3) is 0 Å². The highest BCUT2D eigenvalue weighted by molar-refractivity contribution is 9.10. The molecule has 0 aliphatic carbocycles. The molecule has 0 aromatic carbocycles. The summed E-state index contributed by atoms with van der Waals surface area (Å²) in [4.78, 5) is 16.2. The number of anilines is 1. The number of hydrogen-bond donors (Lipinski definition) is 0. The number of aromatic nitrogens is 2. The lowest BCUT2D eigenvalue weighted by atomic mass is 10.3. The van der Waals surface area contributed by atoms with E-state index in [1.165, 1.54) is 4.68 Å². The highest BCUT2D eigenvalue weighted by Crippen LogP contribution is 2.22. The third-order valence-corrected chi connectivity index (χ3v) is 3.65. The molecule has 0 amide bonds. The third-order valence-electron chi connectivity index (χ3n) is 2.90. The van der Waals surface area contributed by atoms with Gasteiger partial charge in [0.2, 0.25) is 0 Å². The number of nitrogens with zero attached hydrogens (tertiary/aromatic N) is 4. The summed E-state index contributed by atoms with van der Waals surface area (Å²) in [6.45, 7) is 3.90. The predicted molar refractivity (Wildman–Crippen MR) is 66.9 cm³/mol. The maximum Gasteiger partial charge on any atom is 0.282 e. The molecule has 1 aliphatic rings. The summed E-state index contributed by atoms with van der Waals surface area (Å²) in [6.07, 6.45) is 1.75. The minimum absolute atomic E-state index is 0.0866. The summed E-state index contributed by atoms with van der Waals surface area (Å²) < 4.78 is 1.94. The quantitative estimate of drug-likeness (QED) is 0.745. The third kappa shape index (κ3) is 2.12. The van der Waals surface area contributed by atoms with Crippen molar-refractivity contribution in [1.29, 1.82) is 0 Å². The highest BCUT2D eigenvalue weighted by atomic mass is 79.9. The van der Waals surface area contributed by atoms with E-state index >= 15 is 0 Å². The monoisotopic (exact) mass is 286 g/mol. The van der Waals surface area contributed by atoms with Crippen molar-refractivity contribution in [1.82, 2.24) is 14.7 Å². The minimum atomic E-state index is -0.0866. The standard InChI is InChI=1S/C10H15BrN4O/c1-13-3-5-15(6-4-13)8-7-12-14(2)10(16)9(8)11/h7H,3-6H2,1-2H3. The maximum absolute atomic E-state index is 11.7. The summed E-state index contributed by atoms with van der Waals surface area (Å²) in [7, 11) is 3.76. The van der Waals surface area contributed by atoms with E-state index < -0.39 is 0 Å². The number of likely N-dealkylation sites (N-methyl/N-ethyl adjacent to an activating group) is 1. The van der Waals surface area contributed by atoms with Crippen molar-refractivity contribution in [3.63, 3.8) is 0 Å². The highest BCUT2D eigenvalue weighted by Gasteiger charge is 2.18. The van der Waals surface area contributed by atoms with Gasteiger partial charge in [-0.15, -0.1) is 0 Å². The molecule has 1 fully saturated rings. The zero-order valence-corrected chi connectivity index (χ0v) is 11.1. The van der Waals surface area contributed by atoms with Crippen molar-refractivity contribution in [2.75, 3.05) is 38.1 Å². The van der Waals surface area contributed by atoms with Crippen LogP contribution in [0.2, 0.25) is 0 Å². The van der Waals surface area contributed by atoms with Gasteiger partial charge in [-0.3, -0.25) is 4.79 Å². The summed E-state index contributed by atoms with van der Waals surface area (Å²) >= 11 is 3.35. The molecule has 16 heavy (non-hydrogen) atoms. The zero-order chi connectivity index (χ0) is 11.7. The molecule has 0 unspecified atom stereocenters. The Morgan fingerprint density at radius 2 is 1.88 bits per heavy atom. The molecule has 2 rings (SSSR count). The number of halogens is 1. The van der Waals surface area contributed by atoms with E-state index in [9.17, 15) is 4.79 Å². The van der Waals surface area contributed by atoms with Gasteiger partial charge >= 0.3 is 0 Å². The molecule has 1 aromatic rings. The van der Waals surface area contributed by atoms with Crippen LogP contribution in [0.15, 0.2) is 15.5 Å². The van der Waals surface area contributed by atoms with Crippen molar-refractivity contribution < 1.29 is 0 Å². The average Bonchev–Trinajstić information content (AvgIpc) is 2.28. The normalized spacial score (nSPS) is 17.8.